The van der Waals surface area contributed by atoms with E-state index in [-0.39, 0.29) is 5.69 Å². The maximum atomic E-state index is 13.8. The molecule has 0 saturated carbocycles. The Bertz CT molecular complexity index is 787. The molecular weight excluding hydrogens is 295 g/mol. The fourth-order valence-corrected chi connectivity index (χ4v) is 2.06. The molecule has 3 aromatic rings. The van der Waals surface area contributed by atoms with E-state index in [2.05, 4.69) is 30.8 Å². The van der Waals surface area contributed by atoms with Gasteiger partial charge in [-0.3, -0.25) is 5.10 Å². The first-order valence-electron chi connectivity index (χ1n) is 6.34. The van der Waals surface area contributed by atoms with Crippen molar-refractivity contribution in [2.24, 2.45) is 0 Å². The molecule has 0 amide bonds. The van der Waals surface area contributed by atoms with Crippen LogP contribution in [0.4, 0.5) is 21.8 Å². The lowest BCUT2D eigenvalue weighted by Crippen LogP contribution is -2.05. The van der Waals surface area contributed by atoms with Gasteiger partial charge in [-0.15, -0.1) is 0 Å². The quantitative estimate of drug-likeness (QED) is 0.689. The van der Waals surface area contributed by atoms with E-state index in [1.807, 2.05) is 6.92 Å². The Morgan fingerprint density at radius 3 is 3.00 bits per heavy atom. The van der Waals surface area contributed by atoms with Crippen LogP contribution in [0.15, 0.2) is 24.4 Å². The second kappa shape index (κ2) is 5.53. The first kappa shape index (κ1) is 13.6. The van der Waals surface area contributed by atoms with Crippen LogP contribution in [0.1, 0.15) is 6.92 Å². The van der Waals surface area contributed by atoms with Crippen LogP contribution in [-0.2, 0) is 0 Å². The van der Waals surface area contributed by atoms with E-state index in [1.54, 1.807) is 6.20 Å². The zero-order valence-corrected chi connectivity index (χ0v) is 11.9. The molecule has 0 radical (unpaired) electrons. The molecule has 3 N–H and O–H groups in total. The molecule has 0 spiro atoms. The van der Waals surface area contributed by atoms with Gasteiger partial charge in [0.25, 0.3) is 0 Å². The summed E-state index contributed by atoms with van der Waals surface area (Å²) in [6, 6.07) is 4.28. The number of rotatable bonds is 4. The molecular formula is C13H12ClFN6. The van der Waals surface area contributed by atoms with E-state index < -0.39 is 5.82 Å². The minimum Gasteiger partial charge on any atom is -0.354 e. The van der Waals surface area contributed by atoms with Gasteiger partial charge in [0.05, 0.1) is 17.3 Å². The van der Waals surface area contributed by atoms with Gasteiger partial charge in [-0.05, 0) is 25.1 Å². The van der Waals surface area contributed by atoms with Gasteiger partial charge in [0.2, 0.25) is 5.95 Å². The highest BCUT2D eigenvalue weighted by Gasteiger charge is 2.11. The molecule has 0 fully saturated rings. The van der Waals surface area contributed by atoms with E-state index in [9.17, 15) is 4.39 Å². The lowest BCUT2D eigenvalue weighted by Gasteiger charge is -2.10. The Kier molecular flexibility index (Phi) is 3.57. The van der Waals surface area contributed by atoms with Crippen LogP contribution in [0.2, 0.25) is 5.02 Å². The van der Waals surface area contributed by atoms with Gasteiger partial charge in [0.1, 0.15) is 11.6 Å². The van der Waals surface area contributed by atoms with Crippen molar-refractivity contribution in [1.29, 1.82) is 0 Å². The summed E-state index contributed by atoms with van der Waals surface area (Å²) in [5.41, 5.74) is 0.803. The van der Waals surface area contributed by atoms with Crippen LogP contribution in [0.3, 0.4) is 0 Å². The average Bonchev–Trinajstić information content (AvgIpc) is 2.92. The van der Waals surface area contributed by atoms with Gasteiger partial charge < -0.3 is 10.6 Å². The zero-order valence-electron chi connectivity index (χ0n) is 11.1. The van der Waals surface area contributed by atoms with Gasteiger partial charge in [0, 0.05) is 11.6 Å². The Labute approximate surface area is 124 Å². The number of benzene rings is 1. The van der Waals surface area contributed by atoms with Crippen molar-refractivity contribution in [3.8, 4) is 0 Å². The Balaban J connectivity index is 2.06. The third kappa shape index (κ3) is 2.73. The summed E-state index contributed by atoms with van der Waals surface area (Å²) in [6.07, 6.45) is 1.58. The maximum absolute atomic E-state index is 13.8. The van der Waals surface area contributed by atoms with Crippen molar-refractivity contribution in [3.63, 3.8) is 0 Å². The number of anilines is 3. The molecule has 0 aliphatic rings. The smallest absolute Gasteiger partial charge is 0.226 e. The molecule has 0 aliphatic heterocycles. The number of nitrogens with zero attached hydrogens (tertiary/aromatic N) is 3. The molecule has 1 aromatic carbocycles. The first-order chi connectivity index (χ1) is 10.2. The number of halogens is 2. The summed E-state index contributed by atoms with van der Waals surface area (Å²) in [6.45, 7) is 2.61. The number of nitrogens with one attached hydrogen (secondary N) is 3. The van der Waals surface area contributed by atoms with Gasteiger partial charge in [0.15, 0.2) is 5.65 Å². The summed E-state index contributed by atoms with van der Waals surface area (Å²) >= 11 is 5.89. The molecule has 0 atom stereocenters. The Hall–Kier alpha value is -2.41. The number of fused-ring (bicyclic) bond motifs is 1. The van der Waals surface area contributed by atoms with Gasteiger partial charge in [-0.1, -0.05) is 11.6 Å². The highest BCUT2D eigenvalue weighted by molar-refractivity contribution is 6.30. The van der Waals surface area contributed by atoms with Crippen LogP contribution in [0, 0.1) is 5.82 Å². The Morgan fingerprint density at radius 1 is 1.33 bits per heavy atom. The van der Waals surface area contributed by atoms with Crippen LogP contribution >= 0.6 is 11.6 Å². The molecule has 3 rings (SSSR count). The summed E-state index contributed by atoms with van der Waals surface area (Å²) in [7, 11) is 0. The topological polar surface area (TPSA) is 78.5 Å². The fourth-order valence-electron chi connectivity index (χ4n) is 1.89. The molecule has 0 saturated heterocycles. The highest BCUT2D eigenvalue weighted by atomic mass is 35.5. The monoisotopic (exact) mass is 306 g/mol. The van der Waals surface area contributed by atoms with Crippen molar-refractivity contribution in [3.05, 3.63) is 35.2 Å². The van der Waals surface area contributed by atoms with Gasteiger partial charge in [-0.25, -0.2) is 4.39 Å². The normalized spacial score (nSPS) is 10.8. The highest BCUT2D eigenvalue weighted by Crippen LogP contribution is 2.27. The number of hydrogen-bond acceptors (Lipinski definition) is 5. The minimum absolute atomic E-state index is 0.242. The second-order valence-electron chi connectivity index (χ2n) is 4.31. The number of hydrogen-bond donors (Lipinski definition) is 3. The summed E-state index contributed by atoms with van der Waals surface area (Å²) < 4.78 is 13.8. The van der Waals surface area contributed by atoms with E-state index in [1.165, 1.54) is 18.2 Å². The number of H-pyrrole nitrogens is 1. The third-order valence-corrected chi connectivity index (χ3v) is 3.06. The number of aromatic amines is 1. The average molecular weight is 307 g/mol. The fraction of sp³-hybridized carbons (Fsp3) is 0.154. The molecule has 0 aliphatic carbocycles. The summed E-state index contributed by atoms with van der Waals surface area (Å²) in [5.74, 6) is 0.463. The first-order valence-corrected chi connectivity index (χ1v) is 6.72. The van der Waals surface area contributed by atoms with E-state index in [4.69, 9.17) is 11.6 Å². The van der Waals surface area contributed by atoms with E-state index >= 15 is 0 Å². The van der Waals surface area contributed by atoms with Crippen LogP contribution in [0.5, 0.6) is 0 Å². The summed E-state index contributed by atoms with van der Waals surface area (Å²) in [4.78, 5) is 8.59. The van der Waals surface area contributed by atoms with Crippen LogP contribution in [-0.4, -0.2) is 26.7 Å². The van der Waals surface area contributed by atoms with Crippen molar-refractivity contribution >= 4 is 40.1 Å². The van der Waals surface area contributed by atoms with Crippen molar-refractivity contribution < 1.29 is 4.39 Å². The van der Waals surface area contributed by atoms with Crippen LogP contribution < -0.4 is 10.6 Å². The molecule has 6 nitrogen and oxygen atoms in total. The van der Waals surface area contributed by atoms with E-state index in [0.29, 0.717) is 34.4 Å². The molecule has 0 unspecified atom stereocenters. The Morgan fingerprint density at radius 2 is 2.19 bits per heavy atom. The van der Waals surface area contributed by atoms with Crippen molar-refractivity contribution in [2.45, 2.75) is 6.92 Å². The zero-order chi connectivity index (χ0) is 14.8. The van der Waals surface area contributed by atoms with Crippen molar-refractivity contribution in [1.82, 2.24) is 20.2 Å². The van der Waals surface area contributed by atoms with Gasteiger partial charge in [-0.2, -0.15) is 15.1 Å². The predicted molar refractivity (Wildman–Crippen MR) is 80.5 cm³/mol. The minimum atomic E-state index is -0.417. The molecule has 2 heterocycles. The lowest BCUT2D eigenvalue weighted by atomic mass is 10.3. The van der Waals surface area contributed by atoms with E-state index in [0.717, 1.165) is 0 Å². The summed E-state index contributed by atoms with van der Waals surface area (Å²) in [5, 5.41) is 13.7. The molecule has 8 heteroatoms. The number of aromatic nitrogens is 4. The molecule has 21 heavy (non-hydrogen) atoms. The van der Waals surface area contributed by atoms with Crippen LogP contribution in [0.25, 0.3) is 11.0 Å². The van der Waals surface area contributed by atoms with Gasteiger partial charge >= 0.3 is 0 Å². The largest absolute Gasteiger partial charge is 0.354 e. The molecule has 108 valence electrons. The maximum Gasteiger partial charge on any atom is 0.226 e. The van der Waals surface area contributed by atoms with Crippen molar-refractivity contribution in [2.75, 3.05) is 17.2 Å². The standard InChI is InChI=1S/C13H12ClFN6/c1-2-16-13-19-11(8-6-17-21-12(8)20-13)18-10-5-7(14)3-4-9(10)15/h3-6H,2H2,1H3,(H3,16,17,18,19,20,21). The SMILES string of the molecule is CCNc1nc(Nc2cc(Cl)ccc2F)c2cn[nH]c2n1. The third-order valence-electron chi connectivity index (χ3n) is 2.83. The lowest BCUT2D eigenvalue weighted by molar-refractivity contribution is 0.632. The second-order valence-corrected chi connectivity index (χ2v) is 4.74. The predicted octanol–water partition coefficient (Wildman–Crippen LogP) is 3.32. The molecule has 2 aromatic heterocycles. The molecule has 0 bridgehead atoms.